The van der Waals surface area contributed by atoms with Crippen LogP contribution in [0.1, 0.15) is 25.2 Å². The molecule has 1 aromatic heterocycles. The second kappa shape index (κ2) is 8.01. The van der Waals surface area contributed by atoms with Crippen LogP contribution >= 0.6 is 31.9 Å². The van der Waals surface area contributed by atoms with E-state index >= 15 is 0 Å². The van der Waals surface area contributed by atoms with Crippen LogP contribution in [0.5, 0.6) is 5.75 Å². The second-order valence-corrected chi connectivity index (χ2v) is 7.03. The van der Waals surface area contributed by atoms with Gasteiger partial charge in [0.15, 0.2) is 0 Å². The van der Waals surface area contributed by atoms with E-state index in [0.29, 0.717) is 12.5 Å². The third kappa shape index (κ3) is 5.16. The van der Waals surface area contributed by atoms with Crippen molar-refractivity contribution in [3.8, 4) is 5.75 Å². The Labute approximate surface area is 142 Å². The Morgan fingerprint density at radius 3 is 2.76 bits per heavy atom. The van der Waals surface area contributed by atoms with E-state index in [1.165, 1.54) is 0 Å². The Morgan fingerprint density at radius 1 is 1.24 bits per heavy atom. The fraction of sp³-hybridized carbons (Fsp3) is 0.375. The zero-order chi connectivity index (χ0) is 15.2. The van der Waals surface area contributed by atoms with Crippen LogP contribution in [-0.4, -0.2) is 6.54 Å². The summed E-state index contributed by atoms with van der Waals surface area (Å²) in [6.45, 7) is 6.60. The van der Waals surface area contributed by atoms with Gasteiger partial charge in [0.25, 0.3) is 0 Å². The van der Waals surface area contributed by atoms with Gasteiger partial charge in [0.1, 0.15) is 18.1 Å². The number of halogens is 2. The standard InChI is InChI=1S/C16H19Br2NO2/c1-11(2)8-19-9-12-5-6-20-16(12)10-21-15-4-3-13(17)7-14(15)18/h3-7,11,19H,8-10H2,1-2H3. The fourth-order valence-corrected chi connectivity index (χ4v) is 3.04. The molecule has 0 radical (unpaired) electrons. The summed E-state index contributed by atoms with van der Waals surface area (Å²) in [7, 11) is 0. The van der Waals surface area contributed by atoms with Crippen LogP contribution in [0.4, 0.5) is 0 Å². The van der Waals surface area contributed by atoms with E-state index in [4.69, 9.17) is 9.15 Å². The Kier molecular flexibility index (Phi) is 6.33. The number of furan rings is 1. The number of benzene rings is 1. The Balaban J connectivity index is 1.92. The second-order valence-electron chi connectivity index (χ2n) is 5.26. The minimum atomic E-state index is 0.423. The number of hydrogen-bond donors (Lipinski definition) is 1. The molecule has 2 rings (SSSR count). The van der Waals surface area contributed by atoms with Crippen molar-refractivity contribution in [3.05, 3.63) is 50.8 Å². The largest absolute Gasteiger partial charge is 0.484 e. The molecule has 2 aromatic rings. The van der Waals surface area contributed by atoms with Crippen LogP contribution in [0.25, 0.3) is 0 Å². The minimum absolute atomic E-state index is 0.423. The van der Waals surface area contributed by atoms with Crippen molar-refractivity contribution in [2.45, 2.75) is 27.0 Å². The highest BCUT2D eigenvalue weighted by molar-refractivity contribution is 9.11. The van der Waals surface area contributed by atoms with Crippen molar-refractivity contribution in [1.82, 2.24) is 5.32 Å². The molecule has 1 N–H and O–H groups in total. The van der Waals surface area contributed by atoms with Crippen LogP contribution in [-0.2, 0) is 13.2 Å². The lowest BCUT2D eigenvalue weighted by Crippen LogP contribution is -2.19. The molecule has 0 fully saturated rings. The van der Waals surface area contributed by atoms with Gasteiger partial charge in [0.05, 0.1) is 10.7 Å². The fourth-order valence-electron chi connectivity index (χ4n) is 1.88. The maximum Gasteiger partial charge on any atom is 0.146 e. The molecule has 1 heterocycles. The molecule has 21 heavy (non-hydrogen) atoms. The summed E-state index contributed by atoms with van der Waals surface area (Å²) in [5.74, 6) is 2.30. The maximum absolute atomic E-state index is 5.82. The SMILES string of the molecule is CC(C)CNCc1ccoc1COc1ccc(Br)cc1Br. The summed E-state index contributed by atoms with van der Waals surface area (Å²) in [6.07, 6.45) is 1.71. The Bertz CT molecular complexity index is 581. The topological polar surface area (TPSA) is 34.4 Å². The van der Waals surface area contributed by atoms with Gasteiger partial charge in [-0.3, -0.25) is 0 Å². The van der Waals surface area contributed by atoms with Gasteiger partial charge in [0, 0.05) is 16.6 Å². The van der Waals surface area contributed by atoms with E-state index in [-0.39, 0.29) is 0 Å². The van der Waals surface area contributed by atoms with Crippen LogP contribution in [0.15, 0.2) is 43.9 Å². The molecule has 114 valence electrons. The smallest absolute Gasteiger partial charge is 0.146 e. The molecular weight excluding hydrogens is 398 g/mol. The molecule has 0 aliphatic carbocycles. The molecule has 0 aliphatic heterocycles. The molecule has 1 aromatic carbocycles. The molecule has 0 bridgehead atoms. The van der Waals surface area contributed by atoms with Crippen molar-refractivity contribution < 1.29 is 9.15 Å². The summed E-state index contributed by atoms with van der Waals surface area (Å²) in [6, 6.07) is 7.83. The van der Waals surface area contributed by atoms with E-state index in [9.17, 15) is 0 Å². The molecule has 0 atom stereocenters. The lowest BCUT2D eigenvalue weighted by molar-refractivity contribution is 0.266. The number of hydrogen-bond acceptors (Lipinski definition) is 3. The molecular formula is C16H19Br2NO2. The first kappa shape index (κ1) is 16.6. The van der Waals surface area contributed by atoms with Crippen molar-refractivity contribution in [2.24, 2.45) is 5.92 Å². The van der Waals surface area contributed by atoms with Crippen molar-refractivity contribution in [1.29, 1.82) is 0 Å². The van der Waals surface area contributed by atoms with Gasteiger partial charge in [-0.05, 0) is 52.7 Å². The number of ether oxygens (including phenoxy) is 1. The third-order valence-electron chi connectivity index (χ3n) is 2.96. The van der Waals surface area contributed by atoms with Crippen molar-refractivity contribution in [2.75, 3.05) is 6.54 Å². The molecule has 0 amide bonds. The summed E-state index contributed by atoms with van der Waals surface area (Å²) in [4.78, 5) is 0. The molecule has 0 aliphatic rings. The minimum Gasteiger partial charge on any atom is -0.484 e. The van der Waals surface area contributed by atoms with Crippen molar-refractivity contribution >= 4 is 31.9 Å². The first-order chi connectivity index (χ1) is 10.1. The molecule has 5 heteroatoms. The third-order valence-corrected chi connectivity index (χ3v) is 4.07. The van der Waals surface area contributed by atoms with E-state index in [1.807, 2.05) is 24.3 Å². The summed E-state index contributed by atoms with van der Waals surface area (Å²) < 4.78 is 13.3. The van der Waals surface area contributed by atoms with Gasteiger partial charge < -0.3 is 14.5 Å². The first-order valence-corrected chi connectivity index (χ1v) is 8.48. The highest BCUT2D eigenvalue weighted by Crippen LogP contribution is 2.29. The van der Waals surface area contributed by atoms with Gasteiger partial charge in [-0.25, -0.2) is 0 Å². The van der Waals surface area contributed by atoms with E-state index < -0.39 is 0 Å². The number of rotatable bonds is 7. The number of nitrogens with one attached hydrogen (secondary N) is 1. The van der Waals surface area contributed by atoms with Gasteiger partial charge in [-0.2, -0.15) is 0 Å². The zero-order valence-electron chi connectivity index (χ0n) is 12.2. The average Bonchev–Trinajstić information content (AvgIpc) is 2.85. The van der Waals surface area contributed by atoms with Crippen molar-refractivity contribution in [3.63, 3.8) is 0 Å². The molecule has 0 saturated carbocycles. The maximum atomic E-state index is 5.82. The molecule has 0 spiro atoms. The van der Waals surface area contributed by atoms with Crippen LogP contribution in [0.3, 0.4) is 0 Å². The average molecular weight is 417 g/mol. The lowest BCUT2D eigenvalue weighted by atomic mass is 10.2. The lowest BCUT2D eigenvalue weighted by Gasteiger charge is -2.10. The van der Waals surface area contributed by atoms with Gasteiger partial charge >= 0.3 is 0 Å². The highest BCUT2D eigenvalue weighted by Gasteiger charge is 2.09. The zero-order valence-corrected chi connectivity index (χ0v) is 15.3. The van der Waals surface area contributed by atoms with Gasteiger partial charge in [-0.15, -0.1) is 0 Å². The highest BCUT2D eigenvalue weighted by atomic mass is 79.9. The van der Waals surface area contributed by atoms with E-state index in [1.54, 1.807) is 6.26 Å². The normalized spacial score (nSPS) is 11.1. The molecule has 3 nitrogen and oxygen atoms in total. The summed E-state index contributed by atoms with van der Waals surface area (Å²) in [5.41, 5.74) is 1.14. The van der Waals surface area contributed by atoms with Gasteiger partial charge in [-0.1, -0.05) is 29.8 Å². The predicted octanol–water partition coefficient (Wildman–Crippen LogP) is 5.13. The van der Waals surface area contributed by atoms with E-state index in [2.05, 4.69) is 51.0 Å². The summed E-state index contributed by atoms with van der Waals surface area (Å²) in [5, 5.41) is 3.41. The quantitative estimate of drug-likeness (QED) is 0.679. The molecule has 0 unspecified atom stereocenters. The Hall–Kier alpha value is -0.780. The molecule has 0 saturated heterocycles. The first-order valence-electron chi connectivity index (χ1n) is 6.90. The van der Waals surface area contributed by atoms with E-state index in [0.717, 1.165) is 39.1 Å². The summed E-state index contributed by atoms with van der Waals surface area (Å²) >= 11 is 6.92. The monoisotopic (exact) mass is 415 g/mol. The predicted molar refractivity (Wildman–Crippen MR) is 91.4 cm³/mol. The van der Waals surface area contributed by atoms with Crippen LogP contribution in [0.2, 0.25) is 0 Å². The Morgan fingerprint density at radius 2 is 2.05 bits per heavy atom. The van der Waals surface area contributed by atoms with Crippen LogP contribution in [0, 0.1) is 5.92 Å². The van der Waals surface area contributed by atoms with Crippen LogP contribution < -0.4 is 10.1 Å². The van der Waals surface area contributed by atoms with Gasteiger partial charge in [0.2, 0.25) is 0 Å².